The lowest BCUT2D eigenvalue weighted by atomic mass is 9.91. The van der Waals surface area contributed by atoms with Crippen molar-refractivity contribution in [3.05, 3.63) is 60.0 Å². The molecule has 0 saturated carbocycles. The molecule has 1 aromatic carbocycles. The van der Waals surface area contributed by atoms with Crippen molar-refractivity contribution in [1.82, 2.24) is 19.6 Å². The van der Waals surface area contributed by atoms with E-state index in [-0.39, 0.29) is 11.8 Å². The molecule has 0 bridgehead atoms. The summed E-state index contributed by atoms with van der Waals surface area (Å²) in [7, 11) is 3.16. The predicted molar refractivity (Wildman–Crippen MR) is 130 cm³/mol. The summed E-state index contributed by atoms with van der Waals surface area (Å²) in [4.78, 5) is 31.4. The third kappa shape index (κ3) is 5.50. The van der Waals surface area contributed by atoms with E-state index in [1.807, 2.05) is 21.6 Å². The van der Waals surface area contributed by atoms with E-state index in [9.17, 15) is 9.59 Å². The molecule has 1 saturated heterocycles. The number of rotatable bonds is 9. The van der Waals surface area contributed by atoms with Crippen LogP contribution in [-0.4, -0.2) is 60.0 Å². The van der Waals surface area contributed by atoms with Gasteiger partial charge in [0, 0.05) is 43.8 Å². The van der Waals surface area contributed by atoms with Gasteiger partial charge in [-0.25, -0.2) is 4.98 Å². The highest BCUT2D eigenvalue weighted by Crippen LogP contribution is 2.29. The van der Waals surface area contributed by atoms with E-state index in [1.54, 1.807) is 50.9 Å². The van der Waals surface area contributed by atoms with E-state index < -0.39 is 0 Å². The van der Waals surface area contributed by atoms with E-state index in [2.05, 4.69) is 10.3 Å². The highest BCUT2D eigenvalue weighted by Gasteiger charge is 2.24. The summed E-state index contributed by atoms with van der Waals surface area (Å²) in [5.74, 6) is 1.79. The summed E-state index contributed by atoms with van der Waals surface area (Å²) in [6.45, 7) is 2.20. The number of methoxy groups -OCH3 is 2. The molecule has 1 N–H and O–H groups in total. The van der Waals surface area contributed by atoms with Crippen LogP contribution in [0.3, 0.4) is 0 Å². The smallest absolute Gasteiger partial charge is 0.253 e. The van der Waals surface area contributed by atoms with Gasteiger partial charge in [0.25, 0.3) is 11.8 Å². The number of aromatic nitrogens is 2. The largest absolute Gasteiger partial charge is 0.493 e. The van der Waals surface area contributed by atoms with Gasteiger partial charge in [0.05, 0.1) is 19.8 Å². The summed E-state index contributed by atoms with van der Waals surface area (Å²) in [5.41, 5.74) is 2.09. The first-order chi connectivity index (χ1) is 16.6. The molecule has 1 aliphatic heterocycles. The number of nitrogens with one attached hydrogen (secondary N) is 1. The van der Waals surface area contributed by atoms with Crippen LogP contribution in [0, 0.1) is 5.92 Å². The maximum absolute atomic E-state index is 12.9. The highest BCUT2D eigenvalue weighted by atomic mass is 16.5. The lowest BCUT2D eigenvalue weighted by Gasteiger charge is -2.32. The Kier molecular flexibility index (Phi) is 7.67. The number of hydrogen-bond donors (Lipinski definition) is 1. The Morgan fingerprint density at radius 1 is 1.03 bits per heavy atom. The molecule has 34 heavy (non-hydrogen) atoms. The Bertz CT molecular complexity index is 1130. The maximum Gasteiger partial charge on any atom is 0.253 e. The first kappa shape index (κ1) is 23.6. The van der Waals surface area contributed by atoms with Crippen LogP contribution in [0.1, 0.15) is 52.8 Å². The van der Waals surface area contributed by atoms with Crippen LogP contribution in [0.4, 0.5) is 0 Å². The van der Waals surface area contributed by atoms with Crippen molar-refractivity contribution < 1.29 is 19.1 Å². The van der Waals surface area contributed by atoms with Gasteiger partial charge in [0.2, 0.25) is 0 Å². The fourth-order valence-corrected chi connectivity index (χ4v) is 4.49. The number of pyridine rings is 1. The zero-order chi connectivity index (χ0) is 23.9. The molecule has 0 unspecified atom stereocenters. The number of fused-ring (bicyclic) bond motifs is 1. The topological polar surface area (TPSA) is 85.2 Å². The number of unbranched alkanes of at least 4 members (excludes halogenated alkanes) is 1. The van der Waals surface area contributed by atoms with Crippen molar-refractivity contribution >= 4 is 17.5 Å². The molecule has 0 spiro atoms. The average Bonchev–Trinajstić information content (AvgIpc) is 3.36. The van der Waals surface area contributed by atoms with Crippen LogP contribution in [0.25, 0.3) is 5.65 Å². The number of imidazole rings is 1. The molecule has 2 aromatic heterocycles. The molecule has 1 aliphatic rings. The van der Waals surface area contributed by atoms with Crippen molar-refractivity contribution in [1.29, 1.82) is 0 Å². The number of piperidine rings is 1. The predicted octanol–water partition coefficient (Wildman–Crippen LogP) is 3.80. The summed E-state index contributed by atoms with van der Waals surface area (Å²) >= 11 is 0. The minimum atomic E-state index is -0.0578. The quantitative estimate of drug-likeness (QED) is 0.487. The SMILES string of the molecule is COc1ccc(C(=O)N2CCC(CCCCNC(=O)c3ccc4nccn4c3)CC2)cc1OC. The van der Waals surface area contributed by atoms with Gasteiger partial charge in [0.1, 0.15) is 5.65 Å². The lowest BCUT2D eigenvalue weighted by molar-refractivity contribution is 0.0685. The molecule has 8 nitrogen and oxygen atoms in total. The van der Waals surface area contributed by atoms with E-state index >= 15 is 0 Å². The fraction of sp³-hybridized carbons (Fsp3) is 0.423. The Balaban J connectivity index is 1.15. The molecule has 1 fully saturated rings. The van der Waals surface area contributed by atoms with Gasteiger partial charge in [-0.3, -0.25) is 9.59 Å². The number of benzene rings is 1. The highest BCUT2D eigenvalue weighted by molar-refractivity contribution is 5.95. The molecule has 2 amide bonds. The first-order valence-corrected chi connectivity index (χ1v) is 11.8. The first-order valence-electron chi connectivity index (χ1n) is 11.8. The summed E-state index contributed by atoms with van der Waals surface area (Å²) in [6.07, 6.45) is 10.5. The number of likely N-dealkylation sites (tertiary alicyclic amines) is 1. The van der Waals surface area contributed by atoms with Crippen LogP contribution < -0.4 is 14.8 Å². The van der Waals surface area contributed by atoms with Gasteiger partial charge >= 0.3 is 0 Å². The second-order valence-corrected chi connectivity index (χ2v) is 8.67. The average molecular weight is 465 g/mol. The maximum atomic E-state index is 12.9. The molecule has 0 radical (unpaired) electrons. The van der Waals surface area contributed by atoms with Gasteiger partial charge in [0.15, 0.2) is 11.5 Å². The lowest BCUT2D eigenvalue weighted by Crippen LogP contribution is -2.38. The van der Waals surface area contributed by atoms with Crippen LogP contribution >= 0.6 is 0 Å². The van der Waals surface area contributed by atoms with Crippen molar-refractivity contribution in [3.8, 4) is 11.5 Å². The standard InChI is InChI=1S/C26H32N4O4/c1-33-22-8-6-20(17-23(22)34-2)26(32)29-14-10-19(11-15-29)5-3-4-12-28-25(31)21-7-9-24-27-13-16-30(24)18-21/h6-9,13,16-19H,3-5,10-12,14-15H2,1-2H3,(H,28,31). The van der Waals surface area contributed by atoms with Gasteiger partial charge < -0.3 is 24.1 Å². The molecule has 8 heteroatoms. The number of amides is 2. The third-order valence-corrected chi connectivity index (χ3v) is 6.51. The number of carbonyl (C=O) groups excluding carboxylic acids is 2. The molecular weight excluding hydrogens is 432 g/mol. The second kappa shape index (κ2) is 11.0. The third-order valence-electron chi connectivity index (χ3n) is 6.51. The van der Waals surface area contributed by atoms with E-state index in [0.29, 0.717) is 35.1 Å². The van der Waals surface area contributed by atoms with Crippen LogP contribution in [0.2, 0.25) is 0 Å². The van der Waals surface area contributed by atoms with Crippen LogP contribution in [0.15, 0.2) is 48.9 Å². The normalized spacial score (nSPS) is 14.2. The number of carbonyl (C=O) groups is 2. The molecule has 180 valence electrons. The Morgan fingerprint density at radius 2 is 1.79 bits per heavy atom. The molecule has 0 aliphatic carbocycles. The van der Waals surface area contributed by atoms with Crippen molar-refractivity contribution in [2.45, 2.75) is 32.1 Å². The fourth-order valence-electron chi connectivity index (χ4n) is 4.49. The van der Waals surface area contributed by atoms with Gasteiger partial charge in [-0.15, -0.1) is 0 Å². The Labute approximate surface area is 199 Å². The number of nitrogens with zero attached hydrogens (tertiary/aromatic N) is 3. The van der Waals surface area contributed by atoms with E-state index in [1.165, 1.54) is 0 Å². The monoisotopic (exact) mass is 464 g/mol. The second-order valence-electron chi connectivity index (χ2n) is 8.67. The van der Waals surface area contributed by atoms with Crippen molar-refractivity contribution in [2.24, 2.45) is 5.92 Å². The number of hydrogen-bond acceptors (Lipinski definition) is 5. The molecule has 3 aromatic rings. The molecule has 4 rings (SSSR count). The summed E-state index contributed by atoms with van der Waals surface area (Å²) in [5, 5.41) is 3.01. The van der Waals surface area contributed by atoms with Gasteiger partial charge in [-0.1, -0.05) is 12.8 Å². The molecular formula is C26H32N4O4. The zero-order valence-corrected chi connectivity index (χ0v) is 19.8. The van der Waals surface area contributed by atoms with Gasteiger partial charge in [-0.05, 0) is 55.5 Å². The van der Waals surface area contributed by atoms with Crippen molar-refractivity contribution in [2.75, 3.05) is 33.9 Å². The van der Waals surface area contributed by atoms with Crippen molar-refractivity contribution in [3.63, 3.8) is 0 Å². The number of ether oxygens (including phenoxy) is 2. The minimum absolute atomic E-state index is 0.0380. The molecule has 3 heterocycles. The summed E-state index contributed by atoms with van der Waals surface area (Å²) in [6, 6.07) is 8.95. The summed E-state index contributed by atoms with van der Waals surface area (Å²) < 4.78 is 12.4. The molecule has 0 atom stereocenters. The van der Waals surface area contributed by atoms with E-state index in [0.717, 1.165) is 50.8 Å². The van der Waals surface area contributed by atoms with Crippen LogP contribution in [0.5, 0.6) is 11.5 Å². The zero-order valence-electron chi connectivity index (χ0n) is 19.8. The van der Waals surface area contributed by atoms with Gasteiger partial charge in [-0.2, -0.15) is 0 Å². The Morgan fingerprint density at radius 3 is 2.56 bits per heavy atom. The minimum Gasteiger partial charge on any atom is -0.493 e. The Hall–Kier alpha value is -3.55. The van der Waals surface area contributed by atoms with E-state index in [4.69, 9.17) is 9.47 Å². The van der Waals surface area contributed by atoms with Crippen LogP contribution in [-0.2, 0) is 0 Å².